The Hall–Kier alpha value is -1.31. The summed E-state index contributed by atoms with van der Waals surface area (Å²) in [7, 11) is 0. The maximum absolute atomic E-state index is 13.1. The van der Waals surface area contributed by atoms with E-state index in [-0.39, 0.29) is 29.8 Å². The highest BCUT2D eigenvalue weighted by Gasteiger charge is 2.04. The summed E-state index contributed by atoms with van der Waals surface area (Å²) < 4.78 is 13.1. The number of guanidine groups is 1. The van der Waals surface area contributed by atoms with Gasteiger partial charge in [0.15, 0.2) is 5.96 Å². The summed E-state index contributed by atoms with van der Waals surface area (Å²) in [6.45, 7) is 5.63. The van der Waals surface area contributed by atoms with Crippen LogP contribution >= 0.6 is 24.0 Å². The third-order valence-electron chi connectivity index (χ3n) is 3.06. The van der Waals surface area contributed by atoms with Crippen molar-refractivity contribution in [2.75, 3.05) is 13.1 Å². The standard InChI is InChI=1S/C15H21FN4.HI/c1-10(2)8-20-15(17)18-6-5-11-9-19-14-7-12(16)3-4-13(11)14;/h3-4,7,9-10,19H,5-6,8H2,1-2H3,(H3,17,18,20);1H. The lowest BCUT2D eigenvalue weighted by molar-refractivity contribution is 0.629. The number of nitrogens with one attached hydrogen (secondary N) is 2. The predicted molar refractivity (Wildman–Crippen MR) is 96.7 cm³/mol. The van der Waals surface area contributed by atoms with Crippen LogP contribution in [0, 0.1) is 11.7 Å². The first kappa shape index (κ1) is 17.7. The summed E-state index contributed by atoms with van der Waals surface area (Å²) in [5, 5.41) is 4.14. The molecule has 4 N–H and O–H groups in total. The number of hydrogen-bond donors (Lipinski definition) is 3. The van der Waals surface area contributed by atoms with E-state index in [0.29, 0.717) is 18.4 Å². The number of hydrogen-bond acceptors (Lipinski definition) is 1. The quantitative estimate of drug-likeness (QED) is 0.408. The molecule has 1 aromatic carbocycles. The Morgan fingerprint density at radius 1 is 1.43 bits per heavy atom. The van der Waals surface area contributed by atoms with Gasteiger partial charge >= 0.3 is 0 Å². The Morgan fingerprint density at radius 3 is 2.90 bits per heavy atom. The van der Waals surface area contributed by atoms with Gasteiger partial charge in [-0.3, -0.25) is 4.99 Å². The van der Waals surface area contributed by atoms with Crippen LogP contribution in [0.2, 0.25) is 0 Å². The number of aromatic nitrogens is 1. The van der Waals surface area contributed by atoms with Crippen LogP contribution < -0.4 is 11.1 Å². The Balaban J connectivity index is 0.00000220. The Morgan fingerprint density at radius 2 is 2.19 bits per heavy atom. The molecule has 0 aliphatic heterocycles. The molecule has 0 saturated heterocycles. The Kier molecular flexibility index (Phi) is 6.94. The van der Waals surface area contributed by atoms with Crippen LogP contribution in [-0.4, -0.2) is 24.0 Å². The van der Waals surface area contributed by atoms with Crippen molar-refractivity contribution in [3.05, 3.63) is 35.8 Å². The van der Waals surface area contributed by atoms with E-state index in [1.807, 2.05) is 6.20 Å². The molecule has 0 aliphatic carbocycles. The van der Waals surface area contributed by atoms with Gasteiger partial charge in [-0.05, 0) is 36.1 Å². The van der Waals surface area contributed by atoms with Crippen LogP contribution in [0.3, 0.4) is 0 Å². The normalized spacial score (nSPS) is 11.7. The molecule has 6 heteroatoms. The minimum atomic E-state index is -0.228. The number of nitrogens with zero attached hydrogens (tertiary/aromatic N) is 1. The van der Waals surface area contributed by atoms with Crippen LogP contribution in [-0.2, 0) is 6.42 Å². The van der Waals surface area contributed by atoms with E-state index in [1.165, 1.54) is 12.1 Å². The highest BCUT2D eigenvalue weighted by atomic mass is 127. The maximum atomic E-state index is 13.1. The Labute approximate surface area is 141 Å². The fourth-order valence-electron chi connectivity index (χ4n) is 2.03. The first-order valence-corrected chi connectivity index (χ1v) is 6.85. The molecule has 0 bridgehead atoms. The fraction of sp³-hybridized carbons (Fsp3) is 0.400. The van der Waals surface area contributed by atoms with Gasteiger partial charge in [-0.15, -0.1) is 24.0 Å². The second kappa shape index (κ2) is 8.21. The molecule has 0 amide bonds. The summed E-state index contributed by atoms with van der Waals surface area (Å²) in [5.74, 6) is 0.748. The van der Waals surface area contributed by atoms with Crippen molar-refractivity contribution < 1.29 is 4.39 Å². The Bertz CT molecular complexity index is 607. The number of halogens is 2. The monoisotopic (exact) mass is 404 g/mol. The molecule has 0 radical (unpaired) electrons. The molecule has 4 nitrogen and oxygen atoms in total. The zero-order chi connectivity index (χ0) is 14.5. The summed E-state index contributed by atoms with van der Waals surface area (Å²) in [5.41, 5.74) is 7.74. The second-order valence-corrected chi connectivity index (χ2v) is 5.30. The van der Waals surface area contributed by atoms with Crippen LogP contribution in [0.15, 0.2) is 29.4 Å². The van der Waals surface area contributed by atoms with E-state index in [1.54, 1.807) is 6.07 Å². The number of H-pyrrole nitrogens is 1. The van der Waals surface area contributed by atoms with Crippen molar-refractivity contribution in [3.8, 4) is 0 Å². The predicted octanol–water partition coefficient (Wildman–Crippen LogP) is 3.03. The molecule has 0 unspecified atom stereocenters. The molecule has 0 atom stereocenters. The SMILES string of the molecule is CC(C)CN=C(N)NCCc1c[nH]c2cc(F)ccc12.I. The molecule has 2 rings (SSSR count). The number of benzene rings is 1. The minimum Gasteiger partial charge on any atom is -0.370 e. The van der Waals surface area contributed by atoms with Gasteiger partial charge in [0.2, 0.25) is 0 Å². The molecular formula is C15H22FIN4. The molecule has 21 heavy (non-hydrogen) atoms. The van der Waals surface area contributed by atoms with Gasteiger partial charge in [0.05, 0.1) is 0 Å². The zero-order valence-corrected chi connectivity index (χ0v) is 14.6. The number of aromatic amines is 1. The van der Waals surface area contributed by atoms with Gasteiger partial charge < -0.3 is 16.0 Å². The smallest absolute Gasteiger partial charge is 0.188 e. The minimum absolute atomic E-state index is 0. The second-order valence-electron chi connectivity index (χ2n) is 5.30. The highest BCUT2D eigenvalue weighted by molar-refractivity contribution is 14.0. The van der Waals surface area contributed by atoms with Gasteiger partial charge in [-0.1, -0.05) is 13.8 Å². The van der Waals surface area contributed by atoms with Crippen molar-refractivity contribution in [1.82, 2.24) is 10.3 Å². The lowest BCUT2D eigenvalue weighted by Gasteiger charge is -2.06. The molecule has 1 heterocycles. The van der Waals surface area contributed by atoms with E-state index in [2.05, 4.69) is 29.1 Å². The van der Waals surface area contributed by atoms with E-state index in [0.717, 1.165) is 29.4 Å². The molecular weight excluding hydrogens is 382 g/mol. The summed E-state index contributed by atoms with van der Waals surface area (Å²) in [4.78, 5) is 7.32. The van der Waals surface area contributed by atoms with E-state index < -0.39 is 0 Å². The summed E-state index contributed by atoms with van der Waals surface area (Å²) >= 11 is 0. The first-order valence-electron chi connectivity index (χ1n) is 6.85. The van der Waals surface area contributed by atoms with Gasteiger partial charge in [-0.25, -0.2) is 4.39 Å². The van der Waals surface area contributed by atoms with Crippen molar-refractivity contribution in [1.29, 1.82) is 0 Å². The van der Waals surface area contributed by atoms with E-state index >= 15 is 0 Å². The van der Waals surface area contributed by atoms with Gasteiger partial charge in [0.1, 0.15) is 5.82 Å². The van der Waals surface area contributed by atoms with Crippen molar-refractivity contribution in [3.63, 3.8) is 0 Å². The van der Waals surface area contributed by atoms with Crippen molar-refractivity contribution in [2.24, 2.45) is 16.6 Å². The average Bonchev–Trinajstić information content (AvgIpc) is 2.79. The number of rotatable bonds is 5. The lowest BCUT2D eigenvalue weighted by Crippen LogP contribution is -2.33. The van der Waals surface area contributed by atoms with Gasteiger partial charge in [0.25, 0.3) is 0 Å². The molecule has 116 valence electrons. The number of fused-ring (bicyclic) bond motifs is 1. The molecule has 1 aromatic heterocycles. The zero-order valence-electron chi connectivity index (χ0n) is 12.3. The number of nitrogens with two attached hydrogens (primary N) is 1. The summed E-state index contributed by atoms with van der Waals surface area (Å²) in [6, 6.07) is 4.78. The van der Waals surface area contributed by atoms with Crippen molar-refractivity contribution in [2.45, 2.75) is 20.3 Å². The van der Waals surface area contributed by atoms with E-state index in [4.69, 9.17) is 5.73 Å². The first-order chi connectivity index (χ1) is 9.56. The number of aliphatic imine (C=N–C) groups is 1. The average molecular weight is 404 g/mol. The van der Waals surface area contributed by atoms with Crippen LogP contribution in [0.5, 0.6) is 0 Å². The topological polar surface area (TPSA) is 66.2 Å². The third kappa shape index (κ3) is 5.18. The summed E-state index contributed by atoms with van der Waals surface area (Å²) in [6.07, 6.45) is 2.72. The molecule has 2 aromatic rings. The van der Waals surface area contributed by atoms with Gasteiger partial charge in [-0.2, -0.15) is 0 Å². The third-order valence-corrected chi connectivity index (χ3v) is 3.06. The van der Waals surface area contributed by atoms with Crippen molar-refractivity contribution >= 4 is 40.8 Å². The van der Waals surface area contributed by atoms with Gasteiger partial charge in [0, 0.05) is 30.2 Å². The van der Waals surface area contributed by atoms with Crippen LogP contribution in [0.25, 0.3) is 10.9 Å². The molecule has 0 saturated carbocycles. The maximum Gasteiger partial charge on any atom is 0.188 e. The largest absolute Gasteiger partial charge is 0.370 e. The molecule has 0 fully saturated rings. The molecule has 0 spiro atoms. The lowest BCUT2D eigenvalue weighted by atomic mass is 10.1. The molecule has 0 aliphatic rings. The van der Waals surface area contributed by atoms with E-state index in [9.17, 15) is 4.39 Å². The van der Waals surface area contributed by atoms with Crippen LogP contribution in [0.4, 0.5) is 4.39 Å². The fourth-order valence-corrected chi connectivity index (χ4v) is 2.03. The highest BCUT2D eigenvalue weighted by Crippen LogP contribution is 2.19. The van der Waals surface area contributed by atoms with Crippen LogP contribution in [0.1, 0.15) is 19.4 Å².